The first kappa shape index (κ1) is 16.3. The maximum Gasteiger partial charge on any atom is 0.416 e. The summed E-state index contributed by atoms with van der Waals surface area (Å²) < 4.78 is 37.7. The lowest BCUT2D eigenvalue weighted by molar-refractivity contribution is -0.137. The lowest BCUT2D eigenvalue weighted by Gasteiger charge is -2.32. The summed E-state index contributed by atoms with van der Waals surface area (Å²) in [4.78, 5) is 2.20. The molecule has 1 aromatic rings. The van der Waals surface area contributed by atoms with Gasteiger partial charge in [0.2, 0.25) is 0 Å². The van der Waals surface area contributed by atoms with Crippen LogP contribution in [0.2, 0.25) is 0 Å². The summed E-state index contributed by atoms with van der Waals surface area (Å²) in [5.41, 5.74) is 0.330. The lowest BCUT2D eigenvalue weighted by atomic mass is 10.0. The average molecular weight is 300 g/mol. The fourth-order valence-corrected chi connectivity index (χ4v) is 2.79. The molecule has 1 N–H and O–H groups in total. The molecule has 0 saturated carbocycles. The number of likely N-dealkylation sites (N-methyl/N-ethyl adjacent to an activating group) is 1. The van der Waals surface area contributed by atoms with Gasteiger partial charge in [-0.15, -0.1) is 0 Å². The van der Waals surface area contributed by atoms with Crippen molar-refractivity contribution in [2.75, 3.05) is 20.1 Å². The number of hydrogen-bond acceptors (Lipinski definition) is 2. The predicted molar refractivity (Wildman–Crippen MR) is 78.1 cm³/mol. The highest BCUT2D eigenvalue weighted by Gasteiger charge is 2.30. The zero-order chi connectivity index (χ0) is 15.5. The van der Waals surface area contributed by atoms with Crippen molar-refractivity contribution in [3.05, 3.63) is 35.4 Å². The van der Waals surface area contributed by atoms with Crippen LogP contribution in [-0.4, -0.2) is 31.1 Å². The molecule has 0 aliphatic carbocycles. The van der Waals surface area contributed by atoms with E-state index in [0.717, 1.165) is 18.7 Å². The van der Waals surface area contributed by atoms with Crippen LogP contribution in [0.3, 0.4) is 0 Å². The van der Waals surface area contributed by atoms with E-state index in [0.29, 0.717) is 6.04 Å². The van der Waals surface area contributed by atoms with Gasteiger partial charge in [-0.2, -0.15) is 13.2 Å². The number of nitrogens with zero attached hydrogens (tertiary/aromatic N) is 1. The van der Waals surface area contributed by atoms with Crippen molar-refractivity contribution in [2.24, 2.45) is 0 Å². The Bertz CT molecular complexity index is 436. The van der Waals surface area contributed by atoms with Crippen LogP contribution in [0.15, 0.2) is 24.3 Å². The van der Waals surface area contributed by atoms with Crippen LogP contribution in [0.25, 0.3) is 0 Å². The topological polar surface area (TPSA) is 15.3 Å². The number of alkyl halides is 3. The van der Waals surface area contributed by atoms with Gasteiger partial charge in [0.15, 0.2) is 0 Å². The van der Waals surface area contributed by atoms with Crippen LogP contribution in [0.1, 0.15) is 43.4 Å². The second-order valence-corrected chi connectivity index (χ2v) is 5.88. The van der Waals surface area contributed by atoms with Gasteiger partial charge in [-0.1, -0.05) is 18.6 Å². The number of halogens is 3. The van der Waals surface area contributed by atoms with Crippen molar-refractivity contribution < 1.29 is 13.2 Å². The molecule has 0 radical (unpaired) electrons. The summed E-state index contributed by atoms with van der Waals surface area (Å²) in [7, 11) is 2.03. The summed E-state index contributed by atoms with van der Waals surface area (Å²) in [5, 5.41) is 3.49. The van der Waals surface area contributed by atoms with Crippen molar-refractivity contribution in [2.45, 2.75) is 44.4 Å². The Balaban J connectivity index is 1.96. The van der Waals surface area contributed by atoms with E-state index < -0.39 is 11.7 Å². The van der Waals surface area contributed by atoms with Gasteiger partial charge < -0.3 is 5.32 Å². The molecule has 0 spiro atoms. The molecule has 5 heteroatoms. The monoisotopic (exact) mass is 300 g/mol. The Hall–Kier alpha value is -1.07. The summed E-state index contributed by atoms with van der Waals surface area (Å²) in [6.45, 7) is 4.01. The highest BCUT2D eigenvalue weighted by Crippen LogP contribution is 2.30. The molecular formula is C16H23F3N2. The van der Waals surface area contributed by atoms with Gasteiger partial charge in [-0.3, -0.25) is 4.90 Å². The van der Waals surface area contributed by atoms with Gasteiger partial charge in [0.1, 0.15) is 0 Å². The summed E-state index contributed by atoms with van der Waals surface area (Å²) >= 11 is 0. The van der Waals surface area contributed by atoms with Crippen LogP contribution >= 0.6 is 0 Å². The molecule has 2 nitrogen and oxygen atoms in total. The first-order valence-corrected chi connectivity index (χ1v) is 7.48. The molecule has 2 rings (SSSR count). The van der Waals surface area contributed by atoms with Gasteiger partial charge in [-0.25, -0.2) is 0 Å². The normalized spacial score (nSPS) is 21.5. The second kappa shape index (κ2) is 6.79. The third-order valence-corrected chi connectivity index (χ3v) is 4.30. The maximum absolute atomic E-state index is 12.6. The van der Waals surface area contributed by atoms with Gasteiger partial charge in [-0.05, 0) is 51.1 Å². The van der Waals surface area contributed by atoms with Gasteiger partial charge in [0, 0.05) is 18.6 Å². The SMILES string of the molecule is CC(c1ccc(C(F)(F)F)cc1)N(C)CC1CCCCN1. The number of nitrogens with one attached hydrogen (secondary N) is 1. The zero-order valence-electron chi connectivity index (χ0n) is 12.6. The largest absolute Gasteiger partial charge is 0.416 e. The smallest absolute Gasteiger partial charge is 0.313 e. The van der Waals surface area contributed by atoms with E-state index >= 15 is 0 Å². The molecular weight excluding hydrogens is 277 g/mol. The first-order chi connectivity index (χ1) is 9.88. The fourth-order valence-electron chi connectivity index (χ4n) is 2.79. The third kappa shape index (κ3) is 4.45. The minimum Gasteiger partial charge on any atom is -0.313 e. The minimum atomic E-state index is -4.26. The van der Waals surface area contributed by atoms with Gasteiger partial charge in [0.05, 0.1) is 5.56 Å². The number of rotatable bonds is 4. The minimum absolute atomic E-state index is 0.107. The van der Waals surface area contributed by atoms with Gasteiger partial charge in [0.25, 0.3) is 0 Å². The Morgan fingerprint density at radius 1 is 1.24 bits per heavy atom. The predicted octanol–water partition coefficient (Wildman–Crippen LogP) is 3.84. The molecule has 1 aliphatic heterocycles. The van der Waals surface area contributed by atoms with E-state index in [9.17, 15) is 13.2 Å². The van der Waals surface area contributed by atoms with E-state index in [4.69, 9.17) is 0 Å². The van der Waals surface area contributed by atoms with Crippen LogP contribution in [0, 0.1) is 0 Å². The number of hydrogen-bond donors (Lipinski definition) is 1. The Morgan fingerprint density at radius 3 is 2.43 bits per heavy atom. The molecule has 1 aliphatic rings. The highest BCUT2D eigenvalue weighted by molar-refractivity contribution is 5.26. The van der Waals surface area contributed by atoms with E-state index in [1.807, 2.05) is 14.0 Å². The quantitative estimate of drug-likeness (QED) is 0.909. The van der Waals surface area contributed by atoms with Crippen LogP contribution < -0.4 is 5.32 Å². The van der Waals surface area contributed by atoms with E-state index in [2.05, 4.69) is 10.2 Å². The van der Waals surface area contributed by atoms with Crippen molar-refractivity contribution in [3.8, 4) is 0 Å². The fraction of sp³-hybridized carbons (Fsp3) is 0.625. The number of benzene rings is 1. The average Bonchev–Trinajstić information content (AvgIpc) is 2.46. The molecule has 2 atom stereocenters. The molecule has 1 fully saturated rings. The molecule has 1 aromatic carbocycles. The molecule has 0 bridgehead atoms. The van der Waals surface area contributed by atoms with E-state index in [1.54, 1.807) is 12.1 Å². The summed E-state index contributed by atoms with van der Waals surface area (Å²) in [6, 6.07) is 6.09. The van der Waals surface area contributed by atoms with E-state index in [-0.39, 0.29) is 6.04 Å². The lowest BCUT2D eigenvalue weighted by Crippen LogP contribution is -2.43. The van der Waals surface area contributed by atoms with Crippen molar-refractivity contribution in [1.82, 2.24) is 10.2 Å². The van der Waals surface area contributed by atoms with Crippen LogP contribution in [-0.2, 0) is 6.18 Å². The Morgan fingerprint density at radius 2 is 1.90 bits per heavy atom. The van der Waals surface area contributed by atoms with Gasteiger partial charge >= 0.3 is 6.18 Å². The molecule has 0 amide bonds. The van der Waals surface area contributed by atoms with Crippen LogP contribution in [0.4, 0.5) is 13.2 Å². The molecule has 1 heterocycles. The van der Waals surface area contributed by atoms with Crippen LogP contribution in [0.5, 0.6) is 0 Å². The van der Waals surface area contributed by atoms with E-state index in [1.165, 1.54) is 31.4 Å². The van der Waals surface area contributed by atoms with Crippen molar-refractivity contribution >= 4 is 0 Å². The number of piperidine rings is 1. The third-order valence-electron chi connectivity index (χ3n) is 4.30. The maximum atomic E-state index is 12.6. The molecule has 1 saturated heterocycles. The molecule has 2 unspecified atom stereocenters. The Kier molecular flexibility index (Phi) is 5.27. The molecule has 0 aromatic heterocycles. The molecule has 118 valence electrons. The van der Waals surface area contributed by atoms with Crippen molar-refractivity contribution in [1.29, 1.82) is 0 Å². The summed E-state index contributed by atoms with van der Waals surface area (Å²) in [5.74, 6) is 0. The Labute approximate surface area is 124 Å². The molecule has 21 heavy (non-hydrogen) atoms. The second-order valence-electron chi connectivity index (χ2n) is 5.88. The zero-order valence-corrected chi connectivity index (χ0v) is 12.6. The van der Waals surface area contributed by atoms with Crippen molar-refractivity contribution in [3.63, 3.8) is 0 Å². The summed E-state index contributed by atoms with van der Waals surface area (Å²) in [6.07, 6.45) is -0.613. The first-order valence-electron chi connectivity index (χ1n) is 7.48. The highest BCUT2D eigenvalue weighted by atomic mass is 19.4. The standard InChI is InChI=1S/C16H23F3N2/c1-12(21(2)11-15-5-3-4-10-20-15)13-6-8-14(9-7-13)16(17,18)19/h6-9,12,15,20H,3-5,10-11H2,1-2H3.